The SMILES string of the molecule is COCc1ccccc1NC1CC2CCC1(C)C2(C)C. The van der Waals surface area contributed by atoms with Crippen LogP contribution in [0.1, 0.15) is 45.6 Å². The lowest BCUT2D eigenvalue weighted by molar-refractivity contribution is 0.142. The second-order valence-electron chi connectivity index (χ2n) is 7.40. The van der Waals surface area contributed by atoms with Gasteiger partial charge in [-0.25, -0.2) is 0 Å². The second kappa shape index (κ2) is 4.77. The Kier molecular flexibility index (Phi) is 3.32. The molecule has 1 N–H and O–H groups in total. The molecule has 0 aliphatic heterocycles. The summed E-state index contributed by atoms with van der Waals surface area (Å²) >= 11 is 0. The Bertz CT molecular complexity index is 496. The van der Waals surface area contributed by atoms with E-state index in [2.05, 4.69) is 50.4 Å². The van der Waals surface area contributed by atoms with E-state index in [0.29, 0.717) is 23.5 Å². The van der Waals surface area contributed by atoms with E-state index in [1.54, 1.807) is 7.11 Å². The van der Waals surface area contributed by atoms with Gasteiger partial charge in [0.15, 0.2) is 0 Å². The monoisotopic (exact) mass is 273 g/mol. The number of para-hydroxylation sites is 1. The predicted molar refractivity (Wildman–Crippen MR) is 83.8 cm³/mol. The standard InChI is InChI=1S/C18H27NO/c1-17(2)14-9-10-18(17,3)16(11-14)19-15-8-6-5-7-13(15)12-20-4/h5-8,14,16,19H,9-12H2,1-4H3. The fraction of sp³-hybridized carbons (Fsp3) is 0.667. The summed E-state index contributed by atoms with van der Waals surface area (Å²) in [6, 6.07) is 9.14. The van der Waals surface area contributed by atoms with Crippen LogP contribution in [0.2, 0.25) is 0 Å². The lowest BCUT2D eigenvalue weighted by atomic mass is 9.69. The maximum Gasteiger partial charge on any atom is 0.0733 e. The summed E-state index contributed by atoms with van der Waals surface area (Å²) in [5.74, 6) is 0.875. The average Bonchev–Trinajstić information content (AvgIpc) is 2.74. The number of hydrogen-bond acceptors (Lipinski definition) is 2. The van der Waals surface area contributed by atoms with Crippen molar-refractivity contribution in [1.29, 1.82) is 0 Å². The van der Waals surface area contributed by atoms with Crippen molar-refractivity contribution in [3.63, 3.8) is 0 Å². The van der Waals surface area contributed by atoms with Gasteiger partial charge >= 0.3 is 0 Å². The Morgan fingerprint density at radius 1 is 1.25 bits per heavy atom. The summed E-state index contributed by atoms with van der Waals surface area (Å²) < 4.78 is 5.32. The molecule has 0 saturated heterocycles. The normalized spacial score (nSPS) is 34.4. The molecule has 1 aromatic rings. The molecule has 2 aliphatic rings. The molecular formula is C18H27NO. The van der Waals surface area contributed by atoms with Crippen molar-refractivity contribution in [3.8, 4) is 0 Å². The molecule has 20 heavy (non-hydrogen) atoms. The molecule has 3 atom stereocenters. The lowest BCUT2D eigenvalue weighted by Crippen LogP contribution is -2.40. The minimum atomic E-state index is 0.415. The molecule has 2 saturated carbocycles. The zero-order chi connectivity index (χ0) is 14.4. The van der Waals surface area contributed by atoms with Crippen LogP contribution < -0.4 is 5.32 Å². The van der Waals surface area contributed by atoms with Gasteiger partial charge in [0.1, 0.15) is 0 Å². The number of rotatable bonds is 4. The van der Waals surface area contributed by atoms with Gasteiger partial charge in [-0.15, -0.1) is 0 Å². The molecule has 0 aromatic heterocycles. The third kappa shape index (κ3) is 1.88. The van der Waals surface area contributed by atoms with Gasteiger partial charge in [-0.1, -0.05) is 39.0 Å². The largest absolute Gasteiger partial charge is 0.381 e. The fourth-order valence-electron chi connectivity index (χ4n) is 4.55. The molecule has 3 unspecified atom stereocenters. The van der Waals surface area contributed by atoms with Crippen LogP contribution in [0.5, 0.6) is 0 Å². The Labute approximate surface area is 122 Å². The third-order valence-electron chi connectivity index (χ3n) is 6.44. The number of fused-ring (bicyclic) bond motifs is 2. The smallest absolute Gasteiger partial charge is 0.0733 e. The molecule has 2 heteroatoms. The van der Waals surface area contributed by atoms with Crippen molar-refractivity contribution in [1.82, 2.24) is 0 Å². The molecule has 2 fully saturated rings. The van der Waals surface area contributed by atoms with E-state index in [4.69, 9.17) is 4.74 Å². The Morgan fingerprint density at radius 3 is 2.60 bits per heavy atom. The van der Waals surface area contributed by atoms with Gasteiger partial charge in [-0.3, -0.25) is 0 Å². The average molecular weight is 273 g/mol. The van der Waals surface area contributed by atoms with E-state index in [-0.39, 0.29) is 0 Å². The second-order valence-corrected chi connectivity index (χ2v) is 7.40. The first kappa shape index (κ1) is 13.9. The molecule has 0 spiro atoms. The van der Waals surface area contributed by atoms with Crippen LogP contribution >= 0.6 is 0 Å². The van der Waals surface area contributed by atoms with Crippen molar-refractivity contribution in [2.75, 3.05) is 12.4 Å². The van der Waals surface area contributed by atoms with Gasteiger partial charge in [-0.05, 0) is 42.1 Å². The number of hydrogen-bond donors (Lipinski definition) is 1. The van der Waals surface area contributed by atoms with Crippen LogP contribution in [0.15, 0.2) is 24.3 Å². The Morgan fingerprint density at radius 2 is 2.00 bits per heavy atom. The van der Waals surface area contributed by atoms with Crippen LogP contribution in [0, 0.1) is 16.7 Å². The summed E-state index contributed by atoms with van der Waals surface area (Å²) in [5, 5.41) is 3.84. The van der Waals surface area contributed by atoms with Crippen molar-refractivity contribution in [2.45, 2.75) is 52.7 Å². The van der Waals surface area contributed by atoms with E-state index in [9.17, 15) is 0 Å². The first-order chi connectivity index (χ1) is 9.49. The minimum absolute atomic E-state index is 0.415. The summed E-state index contributed by atoms with van der Waals surface area (Å²) in [5.41, 5.74) is 3.39. The topological polar surface area (TPSA) is 21.3 Å². The molecule has 1 aromatic carbocycles. The maximum atomic E-state index is 5.32. The van der Waals surface area contributed by atoms with Crippen molar-refractivity contribution >= 4 is 5.69 Å². The molecule has 3 rings (SSSR count). The van der Waals surface area contributed by atoms with E-state index >= 15 is 0 Å². The van der Waals surface area contributed by atoms with Gasteiger partial charge in [0.05, 0.1) is 6.61 Å². The van der Waals surface area contributed by atoms with Gasteiger partial charge in [-0.2, -0.15) is 0 Å². The van der Waals surface area contributed by atoms with E-state index in [1.165, 1.54) is 30.5 Å². The highest BCUT2D eigenvalue weighted by molar-refractivity contribution is 5.52. The van der Waals surface area contributed by atoms with Crippen LogP contribution in [-0.2, 0) is 11.3 Å². The quantitative estimate of drug-likeness (QED) is 0.874. The van der Waals surface area contributed by atoms with Crippen molar-refractivity contribution in [3.05, 3.63) is 29.8 Å². The van der Waals surface area contributed by atoms with Gasteiger partial charge < -0.3 is 10.1 Å². The Hall–Kier alpha value is -1.02. The highest BCUT2D eigenvalue weighted by Crippen LogP contribution is 2.65. The van der Waals surface area contributed by atoms with Gasteiger partial charge in [0.25, 0.3) is 0 Å². The van der Waals surface area contributed by atoms with E-state index in [0.717, 1.165) is 5.92 Å². The molecule has 110 valence electrons. The van der Waals surface area contributed by atoms with Gasteiger partial charge in [0, 0.05) is 24.4 Å². The summed E-state index contributed by atoms with van der Waals surface area (Å²) in [7, 11) is 1.76. The number of methoxy groups -OCH3 is 1. The van der Waals surface area contributed by atoms with Crippen molar-refractivity contribution in [2.24, 2.45) is 16.7 Å². The molecule has 2 aliphatic carbocycles. The first-order valence-corrected chi connectivity index (χ1v) is 7.82. The van der Waals surface area contributed by atoms with Crippen molar-refractivity contribution < 1.29 is 4.74 Å². The zero-order valence-electron chi connectivity index (χ0n) is 13.2. The predicted octanol–water partition coefficient (Wildman–Crippen LogP) is 4.46. The molecule has 2 bridgehead atoms. The van der Waals surface area contributed by atoms with Crippen LogP contribution in [-0.4, -0.2) is 13.2 Å². The Balaban J connectivity index is 1.83. The van der Waals surface area contributed by atoms with Crippen LogP contribution in [0.4, 0.5) is 5.69 Å². The molecule has 0 heterocycles. The third-order valence-corrected chi connectivity index (χ3v) is 6.44. The fourth-order valence-corrected chi connectivity index (χ4v) is 4.55. The minimum Gasteiger partial charge on any atom is -0.381 e. The molecular weight excluding hydrogens is 246 g/mol. The molecule has 0 amide bonds. The van der Waals surface area contributed by atoms with Gasteiger partial charge in [0.2, 0.25) is 0 Å². The first-order valence-electron chi connectivity index (χ1n) is 7.82. The lowest BCUT2D eigenvalue weighted by Gasteiger charge is -2.40. The molecule has 0 radical (unpaired) electrons. The number of anilines is 1. The summed E-state index contributed by atoms with van der Waals surface area (Å²) in [6.07, 6.45) is 4.07. The summed E-state index contributed by atoms with van der Waals surface area (Å²) in [6.45, 7) is 8.09. The number of benzene rings is 1. The molecule has 2 nitrogen and oxygen atoms in total. The highest BCUT2D eigenvalue weighted by Gasteiger charge is 2.61. The summed E-state index contributed by atoms with van der Waals surface area (Å²) in [4.78, 5) is 0. The highest BCUT2D eigenvalue weighted by atomic mass is 16.5. The van der Waals surface area contributed by atoms with Crippen LogP contribution in [0.25, 0.3) is 0 Å². The van der Waals surface area contributed by atoms with E-state index < -0.39 is 0 Å². The number of ether oxygens (including phenoxy) is 1. The van der Waals surface area contributed by atoms with Crippen LogP contribution in [0.3, 0.4) is 0 Å². The van der Waals surface area contributed by atoms with E-state index in [1.807, 2.05) is 0 Å². The zero-order valence-corrected chi connectivity index (χ0v) is 13.2. The maximum absolute atomic E-state index is 5.32. The number of nitrogens with one attached hydrogen (secondary N) is 1.